The van der Waals surface area contributed by atoms with Gasteiger partial charge in [-0.1, -0.05) is 104 Å². The summed E-state index contributed by atoms with van der Waals surface area (Å²) in [5.74, 6) is -0.236. The Labute approximate surface area is 212 Å². The van der Waals surface area contributed by atoms with E-state index in [-0.39, 0.29) is 5.92 Å². The number of rotatable bonds is 8. The third kappa shape index (κ3) is 5.78. The number of aromatic nitrogens is 2. The number of hydrogen-bond donors (Lipinski definition) is 1. The van der Waals surface area contributed by atoms with E-state index < -0.39 is 0 Å². The van der Waals surface area contributed by atoms with Crippen LogP contribution in [0.2, 0.25) is 0 Å². The molecule has 0 saturated carbocycles. The molecule has 0 aliphatic heterocycles. The summed E-state index contributed by atoms with van der Waals surface area (Å²) in [6.45, 7) is 2.85. The molecule has 36 heavy (non-hydrogen) atoms. The van der Waals surface area contributed by atoms with Crippen molar-refractivity contribution >= 4 is 17.1 Å². The second kappa shape index (κ2) is 12.1. The fourth-order valence-electron chi connectivity index (χ4n) is 4.50. The highest BCUT2D eigenvalue weighted by Gasteiger charge is 2.17. The summed E-state index contributed by atoms with van der Waals surface area (Å²) in [6, 6.07) is 35.7. The van der Waals surface area contributed by atoms with Gasteiger partial charge in [0.15, 0.2) is 0 Å². The highest BCUT2D eigenvalue weighted by atomic mass is 16.2. The summed E-state index contributed by atoms with van der Waals surface area (Å²) in [5.41, 5.74) is 6.68. The first-order valence-electron chi connectivity index (χ1n) is 12.3. The molecule has 1 aromatic heterocycles. The van der Waals surface area contributed by atoms with E-state index in [1.807, 2.05) is 18.2 Å². The van der Waals surface area contributed by atoms with E-state index in [9.17, 15) is 4.79 Å². The molecule has 5 aromatic rings. The molecule has 1 unspecified atom stereocenters. The zero-order chi connectivity index (χ0) is 25.3. The first-order valence-corrected chi connectivity index (χ1v) is 12.3. The fraction of sp³-hybridized carbons (Fsp3) is 0.188. The minimum Gasteiger partial charge on any atom is -0.400 e. The molecule has 0 amide bonds. The van der Waals surface area contributed by atoms with Gasteiger partial charge in [-0.2, -0.15) is 5.10 Å². The Bertz CT molecular complexity index is 1410. The number of fused-ring (bicyclic) bond motifs is 1. The van der Waals surface area contributed by atoms with Crippen LogP contribution >= 0.6 is 0 Å². The molecule has 0 spiro atoms. The van der Waals surface area contributed by atoms with Crippen molar-refractivity contribution in [1.29, 1.82) is 0 Å². The van der Waals surface area contributed by atoms with E-state index in [1.54, 1.807) is 0 Å². The molecule has 4 aromatic carbocycles. The number of benzene rings is 4. The molecular formula is C32H32N2O2. The van der Waals surface area contributed by atoms with Crippen molar-refractivity contribution in [2.24, 2.45) is 0 Å². The molecule has 4 nitrogen and oxygen atoms in total. The Morgan fingerprint density at radius 3 is 2.19 bits per heavy atom. The lowest BCUT2D eigenvalue weighted by Crippen LogP contribution is -2.07. The van der Waals surface area contributed by atoms with E-state index in [1.165, 1.54) is 16.5 Å². The number of aliphatic hydroxyl groups excluding tert-OH is 1. The van der Waals surface area contributed by atoms with Crippen LogP contribution in [0.3, 0.4) is 0 Å². The van der Waals surface area contributed by atoms with Gasteiger partial charge in [0.1, 0.15) is 6.29 Å². The van der Waals surface area contributed by atoms with Gasteiger partial charge in [-0.15, -0.1) is 0 Å². The molecule has 0 radical (unpaired) electrons. The van der Waals surface area contributed by atoms with Gasteiger partial charge in [0, 0.05) is 19.4 Å². The normalized spacial score (nSPS) is 11.5. The molecule has 182 valence electrons. The lowest BCUT2D eigenvalue weighted by molar-refractivity contribution is -0.109. The summed E-state index contributed by atoms with van der Waals surface area (Å²) in [7, 11) is 1.00. The van der Waals surface area contributed by atoms with Crippen LogP contribution in [-0.4, -0.2) is 28.3 Å². The number of aldehydes is 1. The second-order valence-electron chi connectivity index (χ2n) is 8.77. The molecule has 0 fully saturated rings. The van der Waals surface area contributed by atoms with Crippen LogP contribution in [0.5, 0.6) is 0 Å². The Kier molecular flexibility index (Phi) is 8.43. The summed E-state index contributed by atoms with van der Waals surface area (Å²) >= 11 is 0. The van der Waals surface area contributed by atoms with E-state index in [2.05, 4.69) is 96.5 Å². The zero-order valence-electron chi connectivity index (χ0n) is 20.8. The van der Waals surface area contributed by atoms with Crippen molar-refractivity contribution in [1.82, 2.24) is 9.78 Å². The molecule has 1 atom stereocenters. The van der Waals surface area contributed by atoms with E-state index in [0.29, 0.717) is 13.0 Å². The summed E-state index contributed by atoms with van der Waals surface area (Å²) < 4.78 is 2.06. The summed E-state index contributed by atoms with van der Waals surface area (Å²) in [5, 5.41) is 14.3. The van der Waals surface area contributed by atoms with Crippen LogP contribution in [0, 0.1) is 0 Å². The topological polar surface area (TPSA) is 55.1 Å². The lowest BCUT2D eigenvalue weighted by atomic mass is 9.93. The second-order valence-corrected chi connectivity index (χ2v) is 8.77. The molecule has 4 heteroatoms. The molecule has 1 N–H and O–H groups in total. The number of aliphatic hydroxyl groups is 1. The average Bonchev–Trinajstić information content (AvgIpc) is 3.35. The number of nitrogens with zero attached hydrogens (tertiary/aromatic N) is 2. The van der Waals surface area contributed by atoms with Crippen LogP contribution < -0.4 is 0 Å². The molecule has 0 saturated heterocycles. The third-order valence-electron chi connectivity index (χ3n) is 6.46. The smallest absolute Gasteiger partial charge is 0.127 e. The average molecular weight is 477 g/mol. The molecule has 1 heterocycles. The van der Waals surface area contributed by atoms with Gasteiger partial charge in [0.05, 0.1) is 17.9 Å². The molecular weight excluding hydrogens is 444 g/mol. The van der Waals surface area contributed by atoms with Gasteiger partial charge in [0.2, 0.25) is 0 Å². The third-order valence-corrected chi connectivity index (χ3v) is 6.46. The minimum absolute atomic E-state index is 0.236. The van der Waals surface area contributed by atoms with Crippen LogP contribution in [0.15, 0.2) is 103 Å². The first kappa shape index (κ1) is 25.1. The SMILES string of the molecule is CCc1ccc(-c2cc(CC(C=O)c3ccc4ccccc4c3)nn2Cc2ccccc2)cc1.CO. The maximum absolute atomic E-state index is 12.1. The van der Waals surface area contributed by atoms with Crippen molar-refractivity contribution in [2.75, 3.05) is 7.11 Å². The van der Waals surface area contributed by atoms with Crippen LogP contribution in [0.25, 0.3) is 22.0 Å². The summed E-state index contributed by atoms with van der Waals surface area (Å²) in [4.78, 5) is 12.1. The maximum Gasteiger partial charge on any atom is 0.127 e. The van der Waals surface area contributed by atoms with Crippen LogP contribution in [0.1, 0.15) is 35.2 Å². The highest BCUT2D eigenvalue weighted by molar-refractivity contribution is 5.84. The van der Waals surface area contributed by atoms with Crippen molar-refractivity contribution < 1.29 is 9.90 Å². The lowest BCUT2D eigenvalue weighted by Gasteiger charge is -2.10. The van der Waals surface area contributed by atoms with Crippen LogP contribution in [-0.2, 0) is 24.2 Å². The van der Waals surface area contributed by atoms with Crippen molar-refractivity contribution in [3.63, 3.8) is 0 Å². The molecule has 0 bridgehead atoms. The predicted octanol–water partition coefficient (Wildman–Crippen LogP) is 6.45. The number of carbonyl (C=O) groups is 1. The predicted molar refractivity (Wildman–Crippen MR) is 147 cm³/mol. The van der Waals surface area contributed by atoms with Crippen molar-refractivity contribution in [3.05, 3.63) is 126 Å². The van der Waals surface area contributed by atoms with Gasteiger partial charge < -0.3 is 9.90 Å². The molecule has 5 rings (SSSR count). The van der Waals surface area contributed by atoms with Gasteiger partial charge in [-0.3, -0.25) is 4.68 Å². The Morgan fingerprint density at radius 2 is 1.50 bits per heavy atom. The van der Waals surface area contributed by atoms with E-state index in [4.69, 9.17) is 10.2 Å². The standard InChI is InChI=1S/C31H28N2O.CH4O/c1-2-23-12-14-26(15-13-23)31-20-30(32-33(31)21-24-8-4-3-5-9-24)19-29(22-34)28-17-16-25-10-6-7-11-27(25)18-28;1-2/h3-18,20,22,29H,2,19,21H2,1H3;2H,1H3. The largest absolute Gasteiger partial charge is 0.400 e. The van der Waals surface area contributed by atoms with Crippen LogP contribution in [0.4, 0.5) is 0 Å². The van der Waals surface area contributed by atoms with E-state index >= 15 is 0 Å². The number of aryl methyl sites for hydroxylation is 1. The Morgan fingerprint density at radius 1 is 0.806 bits per heavy atom. The van der Waals surface area contributed by atoms with Gasteiger partial charge >= 0.3 is 0 Å². The molecule has 0 aliphatic carbocycles. The van der Waals surface area contributed by atoms with Gasteiger partial charge in [-0.25, -0.2) is 0 Å². The maximum atomic E-state index is 12.1. The van der Waals surface area contributed by atoms with Crippen molar-refractivity contribution in [3.8, 4) is 11.3 Å². The van der Waals surface area contributed by atoms with E-state index in [0.717, 1.165) is 47.7 Å². The zero-order valence-corrected chi connectivity index (χ0v) is 20.8. The van der Waals surface area contributed by atoms with Gasteiger partial charge in [-0.05, 0) is 45.5 Å². The quantitative estimate of drug-likeness (QED) is 0.262. The summed E-state index contributed by atoms with van der Waals surface area (Å²) in [6.07, 6.45) is 2.64. The minimum atomic E-state index is -0.236. The molecule has 0 aliphatic rings. The van der Waals surface area contributed by atoms with Crippen molar-refractivity contribution in [2.45, 2.75) is 32.2 Å². The Balaban J connectivity index is 0.00000148. The van der Waals surface area contributed by atoms with Gasteiger partial charge in [0.25, 0.3) is 0 Å². The number of carbonyl (C=O) groups excluding carboxylic acids is 1. The Hall–Kier alpha value is -4.02. The highest BCUT2D eigenvalue weighted by Crippen LogP contribution is 2.27. The first-order chi connectivity index (χ1) is 17.7. The number of hydrogen-bond acceptors (Lipinski definition) is 3. The monoisotopic (exact) mass is 476 g/mol. The fourth-order valence-corrected chi connectivity index (χ4v) is 4.50.